The van der Waals surface area contributed by atoms with Crippen molar-refractivity contribution in [3.63, 3.8) is 0 Å². The van der Waals surface area contributed by atoms with Gasteiger partial charge in [-0.2, -0.15) is 0 Å². The molecular formula is C3H7KO3. The monoisotopic (exact) mass is 130 g/mol. The molecule has 0 heterocycles. The Balaban J connectivity index is -0.0000000800. The van der Waals surface area contributed by atoms with Crippen molar-refractivity contribution >= 4 is 5.97 Å². The van der Waals surface area contributed by atoms with Crippen LogP contribution in [-0.2, 0) is 4.79 Å². The first-order chi connectivity index (χ1) is 2.27. The second kappa shape index (κ2) is 10.1. The summed E-state index contributed by atoms with van der Waals surface area (Å²) in [5.41, 5.74) is 0. The number of rotatable bonds is 1. The van der Waals surface area contributed by atoms with E-state index in [0.717, 1.165) is 0 Å². The molecule has 0 radical (unpaired) electrons. The molecule has 0 spiro atoms. The molecule has 38 valence electrons. The van der Waals surface area contributed by atoms with E-state index in [1.54, 1.807) is 6.92 Å². The fourth-order valence-electron chi connectivity index (χ4n) is 0. The zero-order valence-corrected chi connectivity index (χ0v) is 7.63. The second-order valence-corrected chi connectivity index (χ2v) is 0.747. The maximum atomic E-state index is 9.37. The van der Waals surface area contributed by atoms with Crippen LogP contribution in [0.2, 0.25) is 0 Å². The van der Waals surface area contributed by atoms with Gasteiger partial charge in [0.2, 0.25) is 0 Å². The Labute approximate surface area is 84.8 Å². The third-order valence-electron chi connectivity index (χ3n) is 0.302. The minimum Gasteiger partial charge on any atom is -0.870 e. The first-order valence-electron chi connectivity index (χ1n) is 1.49. The third kappa shape index (κ3) is 19.3. The van der Waals surface area contributed by atoms with Gasteiger partial charge in [-0.05, 0) is 0 Å². The molecule has 0 aliphatic heterocycles. The summed E-state index contributed by atoms with van der Waals surface area (Å²) in [5.74, 6) is -0.745. The van der Waals surface area contributed by atoms with Crippen molar-refractivity contribution in [2.24, 2.45) is 0 Å². The van der Waals surface area contributed by atoms with Crippen LogP contribution in [0.5, 0.6) is 0 Å². The first kappa shape index (κ1) is 15.7. The Bertz CT molecular complexity index is 45.4. The van der Waals surface area contributed by atoms with Crippen molar-refractivity contribution in [3.8, 4) is 0 Å². The third-order valence-corrected chi connectivity index (χ3v) is 0.302. The van der Waals surface area contributed by atoms with Gasteiger partial charge in [-0.15, -0.1) is 0 Å². The van der Waals surface area contributed by atoms with Crippen molar-refractivity contribution < 1.29 is 66.8 Å². The summed E-state index contributed by atoms with van der Waals surface area (Å²) >= 11 is 0. The van der Waals surface area contributed by atoms with Gasteiger partial charge in [-0.25, -0.2) is 0 Å². The van der Waals surface area contributed by atoms with Crippen LogP contribution in [0.1, 0.15) is 13.3 Å². The summed E-state index contributed by atoms with van der Waals surface area (Å²) in [6, 6.07) is 0. The van der Waals surface area contributed by atoms with E-state index >= 15 is 0 Å². The molecule has 0 rings (SSSR count). The number of carboxylic acid groups (broad SMARTS) is 1. The topological polar surface area (TPSA) is 67.3 Å². The van der Waals surface area contributed by atoms with Crippen LogP contribution < -0.4 is 51.4 Å². The van der Waals surface area contributed by atoms with E-state index < -0.39 is 5.97 Å². The molecule has 7 heavy (non-hydrogen) atoms. The molecule has 0 amide bonds. The Morgan fingerprint density at radius 2 is 1.86 bits per heavy atom. The van der Waals surface area contributed by atoms with Gasteiger partial charge in [0.15, 0.2) is 0 Å². The molecular weight excluding hydrogens is 123 g/mol. The van der Waals surface area contributed by atoms with E-state index in [1.807, 2.05) is 0 Å². The van der Waals surface area contributed by atoms with E-state index in [2.05, 4.69) is 0 Å². The van der Waals surface area contributed by atoms with Gasteiger partial charge in [-0.3, -0.25) is 4.79 Å². The molecule has 0 aromatic carbocycles. The average molecular weight is 130 g/mol. The first-order valence-corrected chi connectivity index (χ1v) is 1.49. The minimum absolute atomic E-state index is 0. The second-order valence-electron chi connectivity index (χ2n) is 0.747. The molecule has 0 aliphatic carbocycles. The Morgan fingerprint density at radius 3 is 1.86 bits per heavy atom. The standard InChI is InChI=1S/C3H6O2.K.H2O/c1-2-3(4)5;;/h2H2,1H3,(H,4,5);;1H2/q;+1;/p-1. The summed E-state index contributed by atoms with van der Waals surface area (Å²) in [6.45, 7) is 1.60. The molecule has 0 atom stereocenters. The van der Waals surface area contributed by atoms with E-state index in [9.17, 15) is 4.79 Å². The van der Waals surface area contributed by atoms with Crippen LogP contribution in [0.25, 0.3) is 0 Å². The Morgan fingerprint density at radius 1 is 1.71 bits per heavy atom. The van der Waals surface area contributed by atoms with Crippen LogP contribution >= 0.6 is 0 Å². The SMILES string of the molecule is CCC(=O)O.[K+].[OH-]. The van der Waals surface area contributed by atoms with Crippen molar-refractivity contribution in [1.29, 1.82) is 0 Å². The van der Waals surface area contributed by atoms with Gasteiger partial charge in [0.1, 0.15) is 0 Å². The zero-order chi connectivity index (χ0) is 4.28. The van der Waals surface area contributed by atoms with Crippen LogP contribution in [0.3, 0.4) is 0 Å². The number of hydrogen-bond acceptors (Lipinski definition) is 2. The smallest absolute Gasteiger partial charge is 0.870 e. The summed E-state index contributed by atoms with van der Waals surface area (Å²) in [7, 11) is 0. The molecule has 0 saturated heterocycles. The van der Waals surface area contributed by atoms with Crippen molar-refractivity contribution in [2.45, 2.75) is 13.3 Å². The minimum atomic E-state index is -0.745. The number of aliphatic carboxylic acids is 1. The molecule has 3 nitrogen and oxygen atoms in total. The average Bonchev–Trinajstić information content (AvgIpc) is 1.38. The summed E-state index contributed by atoms with van der Waals surface area (Å²) < 4.78 is 0. The van der Waals surface area contributed by atoms with Crippen LogP contribution in [-0.4, -0.2) is 16.6 Å². The Kier molecular flexibility index (Phi) is 22.7. The summed E-state index contributed by atoms with van der Waals surface area (Å²) in [5, 5.41) is 7.72. The zero-order valence-electron chi connectivity index (χ0n) is 4.51. The van der Waals surface area contributed by atoms with Crippen LogP contribution in [0.15, 0.2) is 0 Å². The molecule has 4 heteroatoms. The maximum Gasteiger partial charge on any atom is 1.00 e. The maximum absolute atomic E-state index is 9.37. The molecule has 0 aromatic rings. The molecule has 0 aliphatic rings. The van der Waals surface area contributed by atoms with E-state index in [0.29, 0.717) is 0 Å². The Hall–Kier alpha value is 1.07. The van der Waals surface area contributed by atoms with Crippen molar-refractivity contribution in [1.82, 2.24) is 0 Å². The van der Waals surface area contributed by atoms with E-state index in [1.165, 1.54) is 0 Å². The fourth-order valence-corrected chi connectivity index (χ4v) is 0. The number of hydrogen-bond donors (Lipinski definition) is 1. The predicted octanol–water partition coefficient (Wildman–Crippen LogP) is -2.69. The molecule has 0 bridgehead atoms. The van der Waals surface area contributed by atoms with E-state index in [4.69, 9.17) is 5.11 Å². The van der Waals surface area contributed by atoms with Gasteiger partial charge >= 0.3 is 57.4 Å². The van der Waals surface area contributed by atoms with Crippen LogP contribution in [0, 0.1) is 0 Å². The predicted molar refractivity (Wildman–Crippen MR) is 19.9 cm³/mol. The van der Waals surface area contributed by atoms with Gasteiger partial charge < -0.3 is 10.6 Å². The van der Waals surface area contributed by atoms with Crippen LogP contribution in [0.4, 0.5) is 0 Å². The van der Waals surface area contributed by atoms with E-state index in [-0.39, 0.29) is 63.3 Å². The van der Waals surface area contributed by atoms with Gasteiger partial charge in [0.05, 0.1) is 0 Å². The largest absolute Gasteiger partial charge is 1.00 e. The molecule has 0 fully saturated rings. The molecule has 0 aromatic heterocycles. The molecule has 0 unspecified atom stereocenters. The summed E-state index contributed by atoms with van der Waals surface area (Å²) in [4.78, 5) is 9.37. The molecule has 0 saturated carbocycles. The summed E-state index contributed by atoms with van der Waals surface area (Å²) in [6.07, 6.45) is 0.222. The van der Waals surface area contributed by atoms with Crippen molar-refractivity contribution in [3.05, 3.63) is 0 Å². The number of carboxylic acids is 1. The number of carbonyl (C=O) groups is 1. The van der Waals surface area contributed by atoms with Crippen molar-refractivity contribution in [2.75, 3.05) is 0 Å². The van der Waals surface area contributed by atoms with Gasteiger partial charge in [0.25, 0.3) is 0 Å². The normalized spacial score (nSPS) is 5.29. The molecule has 2 N–H and O–H groups in total. The fraction of sp³-hybridized carbons (Fsp3) is 0.667. The quantitative estimate of drug-likeness (QED) is 0.393. The van der Waals surface area contributed by atoms with Gasteiger partial charge in [0, 0.05) is 6.42 Å². The van der Waals surface area contributed by atoms with Gasteiger partial charge in [-0.1, -0.05) is 6.92 Å².